The number of ether oxygens (including phenoxy) is 1. The third kappa shape index (κ3) is 6.33. The molecule has 0 aliphatic carbocycles. The maximum Gasteiger partial charge on any atom is 0.270 e. The van der Waals surface area contributed by atoms with Gasteiger partial charge in [0.1, 0.15) is 17.3 Å². The van der Waals surface area contributed by atoms with Crippen molar-refractivity contribution in [1.29, 1.82) is 5.26 Å². The molecule has 0 N–H and O–H groups in total. The molecule has 152 valence electrons. The molecule has 3 aromatic carbocycles. The van der Waals surface area contributed by atoms with Crippen LogP contribution in [0.25, 0.3) is 0 Å². The number of halogens is 3. The van der Waals surface area contributed by atoms with Crippen molar-refractivity contribution in [2.24, 2.45) is 0 Å². The average molecular weight is 539 g/mol. The minimum absolute atomic E-state index is 0.0148. The van der Waals surface area contributed by atoms with Crippen molar-refractivity contribution in [3.05, 3.63) is 101 Å². The van der Waals surface area contributed by atoms with E-state index in [1.54, 1.807) is 24.3 Å². The lowest BCUT2D eigenvalue weighted by atomic mass is 10.2. The summed E-state index contributed by atoms with van der Waals surface area (Å²) in [4.78, 5) is 19.7. The predicted molar refractivity (Wildman–Crippen MR) is 113 cm³/mol. The number of nitriles is 1. The van der Waals surface area contributed by atoms with Gasteiger partial charge in [-0.05, 0) is 68.3 Å². The van der Waals surface area contributed by atoms with E-state index in [0.717, 1.165) is 18.2 Å². The number of hydrogen-bond acceptors (Lipinski definition) is 6. The number of non-ortho nitro benzene ring substituents is 2. The van der Waals surface area contributed by atoms with Crippen LogP contribution in [0.1, 0.15) is 5.56 Å². The summed E-state index contributed by atoms with van der Waals surface area (Å²) in [6, 6.07) is 16.1. The van der Waals surface area contributed by atoms with Gasteiger partial charge in [-0.25, -0.2) is 4.39 Å². The monoisotopic (exact) mass is 537 g/mol. The average Bonchev–Trinajstić information content (AvgIpc) is 2.72. The van der Waals surface area contributed by atoms with Gasteiger partial charge in [0.15, 0.2) is 0 Å². The zero-order valence-corrected chi connectivity index (χ0v) is 18.0. The maximum atomic E-state index is 12.5. The Labute approximate surface area is 186 Å². The van der Waals surface area contributed by atoms with Crippen LogP contribution in [0.4, 0.5) is 15.8 Å². The van der Waals surface area contributed by atoms with Crippen LogP contribution in [0.2, 0.25) is 0 Å². The van der Waals surface area contributed by atoms with Crippen LogP contribution >= 0.6 is 31.9 Å². The van der Waals surface area contributed by atoms with E-state index in [4.69, 9.17) is 10.00 Å². The fourth-order valence-corrected chi connectivity index (χ4v) is 2.82. The molecule has 3 aromatic rings. The summed E-state index contributed by atoms with van der Waals surface area (Å²) in [5, 5.41) is 29.4. The van der Waals surface area contributed by atoms with Crippen LogP contribution in [0.15, 0.2) is 69.6 Å². The molecule has 0 unspecified atom stereocenters. The summed E-state index contributed by atoms with van der Waals surface area (Å²) in [5.41, 5.74) is 0.396. The summed E-state index contributed by atoms with van der Waals surface area (Å²) < 4.78 is 18.7. The number of nitro groups is 2. The molecule has 0 bridgehead atoms. The highest BCUT2D eigenvalue weighted by Gasteiger charge is 2.10. The third-order valence-electron chi connectivity index (χ3n) is 3.45. The second-order valence-electron chi connectivity index (χ2n) is 5.47. The molecule has 0 fully saturated rings. The summed E-state index contributed by atoms with van der Waals surface area (Å²) in [5.74, 6) is 0.513. The molecule has 0 spiro atoms. The van der Waals surface area contributed by atoms with E-state index in [1.165, 1.54) is 18.2 Å². The number of nitrogens with zero attached hydrogens (tertiary/aromatic N) is 3. The van der Waals surface area contributed by atoms with Crippen LogP contribution in [-0.4, -0.2) is 9.85 Å². The van der Waals surface area contributed by atoms with Gasteiger partial charge >= 0.3 is 0 Å². The van der Waals surface area contributed by atoms with Gasteiger partial charge < -0.3 is 4.74 Å². The molecule has 0 saturated carbocycles. The van der Waals surface area contributed by atoms with Gasteiger partial charge in [0.25, 0.3) is 11.4 Å². The van der Waals surface area contributed by atoms with Crippen LogP contribution in [0.3, 0.4) is 0 Å². The van der Waals surface area contributed by atoms with E-state index in [1.807, 2.05) is 6.07 Å². The number of rotatable bonds is 4. The largest absolute Gasteiger partial charge is 0.456 e. The summed E-state index contributed by atoms with van der Waals surface area (Å²) in [7, 11) is 0. The molecular formula is C19H10Br2FN3O5. The van der Waals surface area contributed by atoms with Crippen molar-refractivity contribution in [1.82, 2.24) is 0 Å². The highest BCUT2D eigenvalue weighted by atomic mass is 79.9. The van der Waals surface area contributed by atoms with Crippen molar-refractivity contribution in [2.45, 2.75) is 0 Å². The lowest BCUT2D eigenvalue weighted by Crippen LogP contribution is -1.90. The van der Waals surface area contributed by atoms with Crippen molar-refractivity contribution in [3.8, 4) is 17.6 Å². The summed E-state index contributed by atoms with van der Waals surface area (Å²) in [6.07, 6.45) is 0. The molecule has 30 heavy (non-hydrogen) atoms. The standard InChI is InChI=1S/C13H7BrN2O3.C6H3BrFNO2/c14-12-7-10(16(17)18)3-6-13(12)19-11-4-1-9(8-15)2-5-11;7-5-3-4(9(10)11)1-2-6(5)8/h1-7H;1-3H. The normalized spacial score (nSPS) is 9.67. The maximum absolute atomic E-state index is 12.5. The lowest BCUT2D eigenvalue weighted by Gasteiger charge is -2.07. The first kappa shape index (κ1) is 22.9. The van der Waals surface area contributed by atoms with Gasteiger partial charge in [-0.2, -0.15) is 5.26 Å². The van der Waals surface area contributed by atoms with Crippen LogP contribution < -0.4 is 4.74 Å². The van der Waals surface area contributed by atoms with Gasteiger partial charge in [0.05, 0.1) is 30.4 Å². The first-order valence-corrected chi connectivity index (χ1v) is 9.51. The molecule has 0 aliphatic rings. The molecule has 0 aromatic heterocycles. The van der Waals surface area contributed by atoms with Crippen molar-refractivity contribution < 1.29 is 19.0 Å². The Bertz CT molecular complexity index is 1130. The summed E-state index contributed by atoms with van der Waals surface area (Å²) >= 11 is 6.05. The zero-order chi connectivity index (χ0) is 22.3. The summed E-state index contributed by atoms with van der Waals surface area (Å²) in [6.45, 7) is 0. The number of benzene rings is 3. The second kappa shape index (κ2) is 10.4. The van der Waals surface area contributed by atoms with Crippen LogP contribution in [0, 0.1) is 37.4 Å². The van der Waals surface area contributed by atoms with Crippen LogP contribution in [0.5, 0.6) is 11.5 Å². The van der Waals surface area contributed by atoms with Gasteiger partial charge in [-0.1, -0.05) is 0 Å². The quantitative estimate of drug-likeness (QED) is 0.275. The Morgan fingerprint density at radius 3 is 1.87 bits per heavy atom. The highest BCUT2D eigenvalue weighted by molar-refractivity contribution is 9.10. The molecule has 8 nitrogen and oxygen atoms in total. The molecule has 0 heterocycles. The minimum Gasteiger partial charge on any atom is -0.456 e. The minimum atomic E-state index is -0.579. The van der Waals surface area contributed by atoms with E-state index >= 15 is 0 Å². The highest BCUT2D eigenvalue weighted by Crippen LogP contribution is 2.32. The Balaban J connectivity index is 0.000000248. The van der Waals surface area contributed by atoms with E-state index in [2.05, 4.69) is 31.9 Å². The molecule has 0 saturated heterocycles. The van der Waals surface area contributed by atoms with Crippen LogP contribution in [-0.2, 0) is 0 Å². The molecule has 0 atom stereocenters. The van der Waals surface area contributed by atoms with Gasteiger partial charge in [-0.3, -0.25) is 20.2 Å². The van der Waals surface area contributed by atoms with Crippen molar-refractivity contribution in [3.63, 3.8) is 0 Å². The number of hydrogen-bond donors (Lipinski definition) is 0. The van der Waals surface area contributed by atoms with E-state index in [0.29, 0.717) is 21.5 Å². The Morgan fingerprint density at radius 2 is 1.40 bits per heavy atom. The fraction of sp³-hybridized carbons (Fsp3) is 0. The Hall–Kier alpha value is -3.36. The second-order valence-corrected chi connectivity index (χ2v) is 7.17. The molecule has 11 heteroatoms. The van der Waals surface area contributed by atoms with E-state index in [9.17, 15) is 24.6 Å². The molecule has 3 rings (SSSR count). The molecule has 0 aliphatic heterocycles. The first-order chi connectivity index (χ1) is 14.2. The third-order valence-corrected chi connectivity index (χ3v) is 4.68. The molecule has 0 amide bonds. The SMILES string of the molecule is N#Cc1ccc(Oc2ccc([N+](=O)[O-])cc2Br)cc1.O=[N+]([O-])c1ccc(F)c(Br)c1. The smallest absolute Gasteiger partial charge is 0.270 e. The van der Waals surface area contributed by atoms with Gasteiger partial charge in [0, 0.05) is 24.3 Å². The predicted octanol–water partition coefficient (Wildman–Crippen LogP) is 6.52. The van der Waals surface area contributed by atoms with Crippen molar-refractivity contribution in [2.75, 3.05) is 0 Å². The van der Waals surface area contributed by atoms with Crippen molar-refractivity contribution >= 4 is 43.2 Å². The Morgan fingerprint density at radius 1 is 0.867 bits per heavy atom. The molecular weight excluding hydrogens is 529 g/mol. The van der Waals surface area contributed by atoms with Gasteiger partial charge in [0.2, 0.25) is 0 Å². The van der Waals surface area contributed by atoms with E-state index in [-0.39, 0.29) is 15.8 Å². The van der Waals surface area contributed by atoms with Gasteiger partial charge in [-0.15, -0.1) is 0 Å². The first-order valence-electron chi connectivity index (χ1n) is 7.92. The zero-order valence-electron chi connectivity index (χ0n) is 14.8. The number of nitro benzene ring substituents is 2. The molecule has 0 radical (unpaired) electrons. The topological polar surface area (TPSA) is 119 Å². The van der Waals surface area contributed by atoms with E-state index < -0.39 is 15.7 Å². The lowest BCUT2D eigenvalue weighted by molar-refractivity contribution is -0.385. The fourth-order valence-electron chi connectivity index (χ4n) is 2.01. The Kier molecular flexibility index (Phi) is 7.97.